The number of aromatic nitrogens is 1. The fraction of sp³-hybridized carbons (Fsp3) is 0.500. The molecule has 2 fully saturated rings. The SMILES string of the molecule is CN.COC(=O)c1cn(C)c2c1C13CC1CN(C)C3=CC2=O. The van der Waals surface area contributed by atoms with Crippen LogP contribution < -0.4 is 5.73 Å². The Morgan fingerprint density at radius 1 is 1.41 bits per heavy atom. The molecule has 0 bridgehead atoms. The molecule has 0 aromatic carbocycles. The molecule has 3 aliphatic rings. The quantitative estimate of drug-likeness (QED) is 0.772. The number of carbonyl (C=O) groups excluding carboxylic acids is 2. The van der Waals surface area contributed by atoms with E-state index in [-0.39, 0.29) is 17.2 Å². The van der Waals surface area contributed by atoms with Crippen LogP contribution in [0.4, 0.5) is 0 Å². The lowest BCUT2D eigenvalue weighted by Gasteiger charge is -2.27. The molecule has 118 valence electrons. The highest BCUT2D eigenvalue weighted by atomic mass is 16.5. The van der Waals surface area contributed by atoms with Crippen molar-refractivity contribution in [3.8, 4) is 0 Å². The molecule has 6 nitrogen and oxygen atoms in total. The number of hydrogen-bond acceptors (Lipinski definition) is 5. The van der Waals surface area contributed by atoms with Gasteiger partial charge in [-0.1, -0.05) is 0 Å². The van der Waals surface area contributed by atoms with Crippen molar-refractivity contribution in [1.82, 2.24) is 9.47 Å². The molecule has 2 heterocycles. The zero-order valence-electron chi connectivity index (χ0n) is 13.3. The van der Waals surface area contributed by atoms with Gasteiger partial charge in [-0.05, 0) is 19.4 Å². The summed E-state index contributed by atoms with van der Waals surface area (Å²) in [6.07, 6.45) is 4.50. The number of esters is 1. The zero-order chi connectivity index (χ0) is 16.2. The highest BCUT2D eigenvalue weighted by Crippen LogP contribution is 2.67. The van der Waals surface area contributed by atoms with Crippen molar-refractivity contribution in [2.75, 3.05) is 27.7 Å². The number of carbonyl (C=O) groups is 2. The topological polar surface area (TPSA) is 77.6 Å². The first-order chi connectivity index (χ1) is 10.5. The number of methoxy groups -OCH3 is 1. The molecule has 1 aromatic rings. The van der Waals surface area contributed by atoms with E-state index in [0.29, 0.717) is 17.2 Å². The average molecular weight is 303 g/mol. The minimum absolute atomic E-state index is 0.0160. The molecule has 22 heavy (non-hydrogen) atoms. The van der Waals surface area contributed by atoms with Gasteiger partial charge in [-0.25, -0.2) is 4.79 Å². The number of ether oxygens (including phenoxy) is 1. The molecule has 1 aromatic heterocycles. The standard InChI is InChI=1S/C15H16N2O3.CH5N/c1-16-6-8-5-15(8)11(16)4-10(18)13-12(15)9(7-17(13)2)14(19)20-3;1-2/h4,7-8H,5-6H2,1-3H3;2H2,1H3. The highest BCUT2D eigenvalue weighted by molar-refractivity contribution is 6.10. The number of hydrogen-bond donors (Lipinski definition) is 1. The smallest absolute Gasteiger partial charge is 0.339 e. The van der Waals surface area contributed by atoms with Crippen LogP contribution in [0.2, 0.25) is 0 Å². The summed E-state index contributed by atoms with van der Waals surface area (Å²) in [6, 6.07) is 0. The first-order valence-electron chi connectivity index (χ1n) is 7.34. The molecule has 4 rings (SSSR count). The normalized spacial score (nSPS) is 27.1. The van der Waals surface area contributed by atoms with Crippen molar-refractivity contribution in [3.05, 3.63) is 34.8 Å². The van der Waals surface area contributed by atoms with E-state index in [1.54, 1.807) is 16.8 Å². The number of allylic oxidation sites excluding steroid dienone is 2. The second kappa shape index (κ2) is 4.71. The number of likely N-dealkylation sites (N-methyl/N-ethyl adjacent to an activating group) is 1. The Morgan fingerprint density at radius 3 is 2.73 bits per heavy atom. The van der Waals surface area contributed by atoms with Gasteiger partial charge in [-0.15, -0.1) is 0 Å². The molecule has 2 atom stereocenters. The van der Waals surface area contributed by atoms with Crippen LogP contribution in [0.5, 0.6) is 0 Å². The number of aryl methyl sites for hydroxylation is 1. The van der Waals surface area contributed by atoms with E-state index in [1.807, 2.05) is 14.1 Å². The van der Waals surface area contributed by atoms with Crippen LogP contribution in [-0.2, 0) is 17.2 Å². The maximum Gasteiger partial charge on any atom is 0.339 e. The van der Waals surface area contributed by atoms with Crippen LogP contribution in [-0.4, -0.2) is 49.0 Å². The van der Waals surface area contributed by atoms with E-state index in [1.165, 1.54) is 14.2 Å². The number of piperidine rings is 1. The molecule has 1 saturated carbocycles. The third-order valence-electron chi connectivity index (χ3n) is 5.00. The van der Waals surface area contributed by atoms with Crippen molar-refractivity contribution in [1.29, 1.82) is 0 Å². The Hall–Kier alpha value is -2.08. The minimum atomic E-state index is -0.356. The largest absolute Gasteiger partial charge is 0.465 e. The van der Waals surface area contributed by atoms with Crippen LogP contribution in [0.3, 0.4) is 0 Å². The van der Waals surface area contributed by atoms with E-state index >= 15 is 0 Å². The van der Waals surface area contributed by atoms with Gasteiger partial charge in [-0.2, -0.15) is 0 Å². The lowest BCUT2D eigenvalue weighted by molar-refractivity contribution is 0.0599. The Kier molecular flexibility index (Phi) is 3.18. The van der Waals surface area contributed by atoms with Crippen molar-refractivity contribution < 1.29 is 14.3 Å². The van der Waals surface area contributed by atoms with E-state index in [9.17, 15) is 9.59 Å². The summed E-state index contributed by atoms with van der Waals surface area (Å²) in [5.74, 6) is 0.138. The summed E-state index contributed by atoms with van der Waals surface area (Å²) >= 11 is 0. The van der Waals surface area contributed by atoms with Gasteiger partial charge < -0.3 is 19.9 Å². The van der Waals surface area contributed by atoms with Gasteiger partial charge in [0.15, 0.2) is 0 Å². The number of fused-ring (bicyclic) bond motifs is 1. The second-order valence-electron chi connectivity index (χ2n) is 6.02. The summed E-state index contributed by atoms with van der Waals surface area (Å²) in [6.45, 7) is 0.952. The van der Waals surface area contributed by atoms with Crippen LogP contribution in [0.15, 0.2) is 18.0 Å². The van der Waals surface area contributed by atoms with Crippen LogP contribution >= 0.6 is 0 Å². The molecule has 2 aliphatic carbocycles. The van der Waals surface area contributed by atoms with Crippen molar-refractivity contribution in [3.63, 3.8) is 0 Å². The molecule has 2 N–H and O–H groups in total. The predicted molar refractivity (Wildman–Crippen MR) is 81.7 cm³/mol. The summed E-state index contributed by atoms with van der Waals surface area (Å²) in [5.41, 5.74) is 7.52. The van der Waals surface area contributed by atoms with Crippen LogP contribution in [0.1, 0.15) is 32.8 Å². The summed E-state index contributed by atoms with van der Waals surface area (Å²) < 4.78 is 6.66. The number of nitrogens with two attached hydrogens (primary N) is 1. The molecule has 2 unspecified atom stereocenters. The van der Waals surface area contributed by atoms with Gasteiger partial charge in [0.25, 0.3) is 0 Å². The Labute approximate surface area is 129 Å². The number of rotatable bonds is 1. The van der Waals surface area contributed by atoms with Gasteiger partial charge in [0.1, 0.15) is 0 Å². The first-order valence-corrected chi connectivity index (χ1v) is 7.34. The Balaban J connectivity index is 0.000000693. The summed E-state index contributed by atoms with van der Waals surface area (Å²) in [4.78, 5) is 26.6. The fourth-order valence-electron chi connectivity index (χ4n) is 4.14. The molecule has 0 radical (unpaired) electrons. The minimum Gasteiger partial charge on any atom is -0.465 e. The Morgan fingerprint density at radius 2 is 2.09 bits per heavy atom. The third kappa shape index (κ3) is 1.58. The third-order valence-corrected chi connectivity index (χ3v) is 5.00. The lowest BCUT2D eigenvalue weighted by Crippen LogP contribution is -2.28. The van der Waals surface area contributed by atoms with E-state index in [4.69, 9.17) is 4.74 Å². The van der Waals surface area contributed by atoms with Gasteiger partial charge in [-0.3, -0.25) is 4.79 Å². The molecule has 1 aliphatic heterocycles. The van der Waals surface area contributed by atoms with Crippen molar-refractivity contribution in [2.45, 2.75) is 11.8 Å². The maximum absolute atomic E-state index is 12.4. The van der Waals surface area contributed by atoms with E-state index in [2.05, 4.69) is 10.6 Å². The second-order valence-corrected chi connectivity index (χ2v) is 6.02. The fourth-order valence-corrected chi connectivity index (χ4v) is 4.14. The van der Waals surface area contributed by atoms with Gasteiger partial charge in [0.05, 0.1) is 18.4 Å². The van der Waals surface area contributed by atoms with E-state index < -0.39 is 0 Å². The van der Waals surface area contributed by atoms with Gasteiger partial charge >= 0.3 is 5.97 Å². The zero-order valence-corrected chi connectivity index (χ0v) is 13.3. The summed E-state index contributed by atoms with van der Waals surface area (Å²) in [5, 5.41) is 0. The summed E-state index contributed by atoms with van der Waals surface area (Å²) in [7, 11) is 6.71. The predicted octanol–water partition coefficient (Wildman–Crippen LogP) is 0.670. The monoisotopic (exact) mass is 303 g/mol. The molecular formula is C16H21N3O3. The molecular weight excluding hydrogens is 282 g/mol. The molecule has 6 heteroatoms. The highest BCUT2D eigenvalue weighted by Gasteiger charge is 2.67. The van der Waals surface area contributed by atoms with Crippen LogP contribution in [0, 0.1) is 5.92 Å². The van der Waals surface area contributed by atoms with Gasteiger partial charge in [0, 0.05) is 49.6 Å². The first kappa shape index (κ1) is 14.8. The van der Waals surface area contributed by atoms with Crippen LogP contribution in [0.25, 0.3) is 0 Å². The number of ketones is 1. The van der Waals surface area contributed by atoms with Gasteiger partial charge in [0.2, 0.25) is 5.78 Å². The average Bonchev–Trinajstić information content (AvgIpc) is 2.97. The Bertz CT molecular complexity index is 704. The van der Waals surface area contributed by atoms with Crippen molar-refractivity contribution >= 4 is 11.8 Å². The molecule has 1 saturated heterocycles. The number of nitrogens with zero attached hydrogens (tertiary/aromatic N) is 2. The number of likely N-dealkylation sites (tertiary alicyclic amines) is 1. The maximum atomic E-state index is 12.4. The van der Waals surface area contributed by atoms with Crippen molar-refractivity contribution in [2.24, 2.45) is 18.7 Å². The molecule has 1 spiro atoms. The molecule has 0 amide bonds. The lowest BCUT2D eigenvalue weighted by atomic mass is 9.83. The van der Waals surface area contributed by atoms with E-state index in [0.717, 1.165) is 24.2 Å².